The lowest BCUT2D eigenvalue weighted by Crippen LogP contribution is -2.20. The highest BCUT2D eigenvalue weighted by molar-refractivity contribution is 5.48. The third-order valence-corrected chi connectivity index (χ3v) is 3.70. The zero-order valence-electron chi connectivity index (χ0n) is 10.6. The molecule has 0 heterocycles. The van der Waals surface area contributed by atoms with Crippen molar-refractivity contribution >= 4 is 0 Å². The summed E-state index contributed by atoms with van der Waals surface area (Å²) in [6, 6.07) is 5.99. The predicted molar refractivity (Wildman–Crippen MR) is 68.4 cm³/mol. The number of para-hydroxylation sites is 1. The molecule has 0 saturated heterocycles. The van der Waals surface area contributed by atoms with E-state index in [1.807, 2.05) is 18.2 Å². The molecule has 1 aromatic carbocycles. The van der Waals surface area contributed by atoms with E-state index in [1.54, 1.807) is 14.2 Å². The van der Waals surface area contributed by atoms with Gasteiger partial charge in [-0.2, -0.15) is 0 Å². The van der Waals surface area contributed by atoms with Gasteiger partial charge in [-0.05, 0) is 24.8 Å². The van der Waals surface area contributed by atoms with E-state index in [4.69, 9.17) is 15.2 Å². The van der Waals surface area contributed by atoms with Crippen molar-refractivity contribution in [2.45, 2.75) is 31.7 Å². The summed E-state index contributed by atoms with van der Waals surface area (Å²) in [5, 5.41) is 0. The molecular weight excluding hydrogens is 214 g/mol. The third-order valence-electron chi connectivity index (χ3n) is 3.70. The van der Waals surface area contributed by atoms with Gasteiger partial charge in [0.2, 0.25) is 0 Å². The van der Waals surface area contributed by atoms with Crippen LogP contribution in [0.2, 0.25) is 0 Å². The van der Waals surface area contributed by atoms with Crippen LogP contribution < -0.4 is 15.2 Å². The molecule has 2 N–H and O–H groups in total. The molecule has 3 heteroatoms. The fraction of sp³-hybridized carbons (Fsp3) is 0.571. The molecule has 1 fully saturated rings. The van der Waals surface area contributed by atoms with Crippen molar-refractivity contribution in [1.29, 1.82) is 0 Å². The van der Waals surface area contributed by atoms with E-state index in [9.17, 15) is 0 Å². The van der Waals surface area contributed by atoms with Crippen molar-refractivity contribution in [3.8, 4) is 11.5 Å². The van der Waals surface area contributed by atoms with Crippen LogP contribution in [0.3, 0.4) is 0 Å². The van der Waals surface area contributed by atoms with Gasteiger partial charge in [-0.15, -0.1) is 0 Å². The minimum Gasteiger partial charge on any atom is -0.493 e. The zero-order valence-corrected chi connectivity index (χ0v) is 10.6. The minimum absolute atomic E-state index is 0.0579. The van der Waals surface area contributed by atoms with E-state index in [0.717, 1.165) is 17.1 Å². The molecule has 1 aromatic rings. The first-order chi connectivity index (χ1) is 8.27. The Morgan fingerprint density at radius 1 is 1.18 bits per heavy atom. The Morgan fingerprint density at radius 2 is 1.88 bits per heavy atom. The Labute approximate surface area is 103 Å². The van der Waals surface area contributed by atoms with Crippen LogP contribution >= 0.6 is 0 Å². The molecule has 0 unspecified atom stereocenters. The monoisotopic (exact) mass is 235 g/mol. The third kappa shape index (κ3) is 2.39. The fourth-order valence-corrected chi connectivity index (χ4v) is 2.74. The van der Waals surface area contributed by atoms with Crippen LogP contribution in [0, 0.1) is 5.92 Å². The number of benzene rings is 1. The van der Waals surface area contributed by atoms with Gasteiger partial charge in [-0.3, -0.25) is 0 Å². The summed E-state index contributed by atoms with van der Waals surface area (Å²) in [6.07, 6.45) is 5.04. The van der Waals surface area contributed by atoms with Crippen molar-refractivity contribution in [2.24, 2.45) is 11.7 Å². The SMILES string of the molecule is COc1cccc([C@H](N)C2CCCC2)c1OC. The maximum absolute atomic E-state index is 6.36. The van der Waals surface area contributed by atoms with Crippen LogP contribution in [0.5, 0.6) is 11.5 Å². The van der Waals surface area contributed by atoms with Gasteiger partial charge in [-0.1, -0.05) is 25.0 Å². The standard InChI is InChI=1S/C14H21NO2/c1-16-12-9-5-8-11(14(12)17-2)13(15)10-6-3-4-7-10/h5,8-10,13H,3-4,6-7,15H2,1-2H3/t13-/m1/s1. The number of nitrogens with two attached hydrogens (primary N) is 1. The summed E-state index contributed by atoms with van der Waals surface area (Å²) in [7, 11) is 3.32. The molecule has 0 radical (unpaired) electrons. The first-order valence-corrected chi connectivity index (χ1v) is 6.24. The molecular formula is C14H21NO2. The molecule has 2 rings (SSSR count). The van der Waals surface area contributed by atoms with Gasteiger partial charge < -0.3 is 15.2 Å². The molecule has 1 atom stereocenters. The lowest BCUT2D eigenvalue weighted by Gasteiger charge is -2.22. The Balaban J connectivity index is 2.29. The summed E-state index contributed by atoms with van der Waals surface area (Å²) in [5.41, 5.74) is 7.43. The first kappa shape index (κ1) is 12.2. The molecule has 0 spiro atoms. The van der Waals surface area contributed by atoms with E-state index in [2.05, 4.69) is 0 Å². The van der Waals surface area contributed by atoms with Gasteiger partial charge in [-0.25, -0.2) is 0 Å². The molecule has 1 saturated carbocycles. The van der Waals surface area contributed by atoms with Crippen LogP contribution in [0.25, 0.3) is 0 Å². The maximum atomic E-state index is 6.36. The van der Waals surface area contributed by atoms with Crippen molar-refractivity contribution in [3.63, 3.8) is 0 Å². The smallest absolute Gasteiger partial charge is 0.165 e. The predicted octanol–water partition coefficient (Wildman–Crippen LogP) is 2.89. The average molecular weight is 235 g/mol. The van der Waals surface area contributed by atoms with E-state index >= 15 is 0 Å². The van der Waals surface area contributed by atoms with Crippen LogP contribution in [0.15, 0.2) is 18.2 Å². The first-order valence-electron chi connectivity index (χ1n) is 6.24. The number of hydrogen-bond donors (Lipinski definition) is 1. The second-order valence-electron chi connectivity index (χ2n) is 4.65. The molecule has 0 bridgehead atoms. The van der Waals surface area contributed by atoms with Gasteiger partial charge >= 0.3 is 0 Å². The highest BCUT2D eigenvalue weighted by atomic mass is 16.5. The number of hydrogen-bond acceptors (Lipinski definition) is 3. The number of methoxy groups -OCH3 is 2. The summed E-state index contributed by atoms with van der Waals surface area (Å²) >= 11 is 0. The molecule has 17 heavy (non-hydrogen) atoms. The number of rotatable bonds is 4. The molecule has 0 aliphatic heterocycles. The lowest BCUT2D eigenvalue weighted by atomic mass is 9.91. The summed E-state index contributed by atoms with van der Waals surface area (Å²) in [4.78, 5) is 0. The van der Waals surface area contributed by atoms with Crippen molar-refractivity contribution in [2.75, 3.05) is 14.2 Å². The molecule has 3 nitrogen and oxygen atoms in total. The lowest BCUT2D eigenvalue weighted by molar-refractivity contribution is 0.342. The summed E-state index contributed by atoms with van der Waals surface area (Å²) < 4.78 is 10.8. The summed E-state index contributed by atoms with van der Waals surface area (Å²) in [6.45, 7) is 0. The van der Waals surface area contributed by atoms with Crippen molar-refractivity contribution < 1.29 is 9.47 Å². The van der Waals surface area contributed by atoms with Gasteiger partial charge in [0.15, 0.2) is 11.5 Å². The zero-order chi connectivity index (χ0) is 12.3. The highest BCUT2D eigenvalue weighted by Gasteiger charge is 2.26. The second kappa shape index (κ2) is 5.41. The minimum atomic E-state index is 0.0579. The molecule has 1 aliphatic rings. The Bertz CT molecular complexity index is 372. The van der Waals surface area contributed by atoms with E-state index in [0.29, 0.717) is 5.92 Å². The van der Waals surface area contributed by atoms with Crippen molar-refractivity contribution in [1.82, 2.24) is 0 Å². The second-order valence-corrected chi connectivity index (χ2v) is 4.65. The number of ether oxygens (including phenoxy) is 2. The van der Waals surface area contributed by atoms with Gasteiger partial charge in [0.05, 0.1) is 14.2 Å². The quantitative estimate of drug-likeness (QED) is 0.872. The molecule has 0 amide bonds. The van der Waals surface area contributed by atoms with E-state index < -0.39 is 0 Å². The van der Waals surface area contributed by atoms with Crippen molar-refractivity contribution in [3.05, 3.63) is 23.8 Å². The fourth-order valence-electron chi connectivity index (χ4n) is 2.74. The van der Waals surface area contributed by atoms with Crippen LogP contribution in [-0.4, -0.2) is 14.2 Å². The van der Waals surface area contributed by atoms with Gasteiger partial charge in [0.25, 0.3) is 0 Å². The molecule has 94 valence electrons. The normalized spacial score (nSPS) is 18.1. The van der Waals surface area contributed by atoms with Crippen LogP contribution in [0.4, 0.5) is 0 Å². The molecule has 1 aliphatic carbocycles. The van der Waals surface area contributed by atoms with Crippen LogP contribution in [0.1, 0.15) is 37.3 Å². The maximum Gasteiger partial charge on any atom is 0.165 e. The highest BCUT2D eigenvalue weighted by Crippen LogP contribution is 2.40. The average Bonchev–Trinajstić information content (AvgIpc) is 2.90. The van der Waals surface area contributed by atoms with E-state index in [-0.39, 0.29) is 6.04 Å². The summed E-state index contributed by atoms with van der Waals surface area (Å²) in [5.74, 6) is 2.13. The Kier molecular flexibility index (Phi) is 3.89. The Hall–Kier alpha value is -1.22. The largest absolute Gasteiger partial charge is 0.493 e. The molecule has 0 aromatic heterocycles. The Morgan fingerprint density at radius 3 is 2.47 bits per heavy atom. The van der Waals surface area contributed by atoms with Gasteiger partial charge in [0, 0.05) is 11.6 Å². The van der Waals surface area contributed by atoms with E-state index in [1.165, 1.54) is 25.7 Å². The van der Waals surface area contributed by atoms with Gasteiger partial charge in [0.1, 0.15) is 0 Å². The topological polar surface area (TPSA) is 44.5 Å². The van der Waals surface area contributed by atoms with Crippen LogP contribution in [-0.2, 0) is 0 Å².